The van der Waals surface area contributed by atoms with Gasteiger partial charge in [0.05, 0.1) is 19.3 Å². The summed E-state index contributed by atoms with van der Waals surface area (Å²) in [5.74, 6) is -1.62. The molecule has 0 amide bonds. The van der Waals surface area contributed by atoms with E-state index in [2.05, 4.69) is 15.2 Å². The van der Waals surface area contributed by atoms with Crippen molar-refractivity contribution in [3.8, 4) is 0 Å². The van der Waals surface area contributed by atoms with E-state index < -0.39 is 48.7 Å². The molecule has 3 aromatic rings. The van der Waals surface area contributed by atoms with Crippen molar-refractivity contribution in [2.45, 2.75) is 51.0 Å². The molecule has 1 saturated heterocycles. The van der Waals surface area contributed by atoms with Gasteiger partial charge in [-0.25, -0.2) is 8.78 Å². The molecule has 2 N–H and O–H groups in total. The lowest BCUT2D eigenvalue weighted by molar-refractivity contribution is -0.155. The second kappa shape index (κ2) is 10.4. The molecule has 0 radical (unpaired) electrons. The number of para-hydroxylation sites is 1. The minimum Gasteiger partial charge on any atom is -0.381 e. The van der Waals surface area contributed by atoms with Crippen molar-refractivity contribution >= 4 is 16.6 Å². The molecule has 1 aromatic heterocycles. The topological polar surface area (TPSA) is 34.3 Å². The summed E-state index contributed by atoms with van der Waals surface area (Å²) in [6, 6.07) is 7.71. The largest absolute Gasteiger partial charge is 0.401 e. The zero-order valence-electron chi connectivity index (χ0n) is 21.4. The Labute approximate surface area is 218 Å². The number of aromatic amines is 1. The van der Waals surface area contributed by atoms with Crippen LogP contribution < -0.4 is 5.32 Å². The first kappa shape index (κ1) is 26.9. The van der Waals surface area contributed by atoms with E-state index in [1.165, 1.54) is 12.1 Å². The van der Waals surface area contributed by atoms with E-state index in [9.17, 15) is 17.6 Å². The third-order valence-electron chi connectivity index (χ3n) is 7.88. The predicted molar refractivity (Wildman–Crippen MR) is 136 cm³/mol. The molecule has 2 aromatic carbocycles. The number of nitrogens with one attached hydrogen (secondary N) is 2. The second-order valence-corrected chi connectivity index (χ2v) is 10.7. The van der Waals surface area contributed by atoms with Crippen molar-refractivity contribution in [3.05, 3.63) is 64.9 Å². The van der Waals surface area contributed by atoms with Gasteiger partial charge >= 0.3 is 6.18 Å². The van der Waals surface area contributed by atoms with Crippen LogP contribution in [0.25, 0.3) is 10.9 Å². The van der Waals surface area contributed by atoms with E-state index in [1.807, 2.05) is 25.1 Å². The third-order valence-corrected chi connectivity index (χ3v) is 7.88. The monoisotopic (exact) mass is 538 g/mol. The average molecular weight is 539 g/mol. The number of benzene rings is 2. The Morgan fingerprint density at radius 2 is 1.76 bits per heavy atom. The van der Waals surface area contributed by atoms with Gasteiger partial charge < -0.3 is 15.2 Å². The molecule has 0 saturated carbocycles. The molecule has 4 nitrogen and oxygen atoms in total. The number of nitrogens with zero attached hydrogens (tertiary/aromatic N) is 2. The Morgan fingerprint density at radius 1 is 1.05 bits per heavy atom. The van der Waals surface area contributed by atoms with Gasteiger partial charge in [-0.15, -0.1) is 0 Å². The fourth-order valence-electron chi connectivity index (χ4n) is 6.14. The fraction of sp³-hybridized carbons (Fsp3) is 0.500. The number of fused-ring (bicyclic) bond motifs is 3. The highest BCUT2D eigenvalue weighted by Gasteiger charge is 2.44. The van der Waals surface area contributed by atoms with E-state index in [-0.39, 0.29) is 17.6 Å². The van der Waals surface area contributed by atoms with Crippen molar-refractivity contribution in [2.75, 3.05) is 38.2 Å². The van der Waals surface area contributed by atoms with Gasteiger partial charge in [-0.2, -0.15) is 13.2 Å². The highest BCUT2D eigenvalue weighted by molar-refractivity contribution is 5.85. The molecule has 1 fully saturated rings. The summed E-state index contributed by atoms with van der Waals surface area (Å²) in [6.45, 7) is 3.96. The number of anilines is 1. The quantitative estimate of drug-likeness (QED) is 0.340. The van der Waals surface area contributed by atoms with E-state index >= 15 is 8.78 Å². The van der Waals surface area contributed by atoms with Gasteiger partial charge in [-0.3, -0.25) is 9.29 Å². The lowest BCUT2D eigenvalue weighted by Gasteiger charge is -2.41. The van der Waals surface area contributed by atoms with Crippen molar-refractivity contribution in [2.24, 2.45) is 5.92 Å². The van der Waals surface area contributed by atoms with Crippen molar-refractivity contribution in [1.29, 1.82) is 0 Å². The molecule has 10 heteroatoms. The van der Waals surface area contributed by atoms with Gasteiger partial charge in [-0.05, 0) is 49.4 Å². The second-order valence-electron chi connectivity index (χ2n) is 10.7. The first-order valence-electron chi connectivity index (χ1n) is 13.0. The summed E-state index contributed by atoms with van der Waals surface area (Å²) in [5, 5.41) is 4.04. The molecule has 3 heterocycles. The summed E-state index contributed by atoms with van der Waals surface area (Å²) in [7, 11) is 0. The highest BCUT2D eigenvalue weighted by Crippen LogP contribution is 2.44. The van der Waals surface area contributed by atoms with Crippen LogP contribution in [0.1, 0.15) is 43.1 Å². The van der Waals surface area contributed by atoms with Crippen LogP contribution in [0.15, 0.2) is 36.4 Å². The maximum Gasteiger partial charge on any atom is 0.401 e. The molecule has 0 unspecified atom stereocenters. The van der Waals surface area contributed by atoms with Crippen molar-refractivity contribution < 1.29 is 26.3 Å². The molecule has 0 aliphatic carbocycles. The van der Waals surface area contributed by atoms with Crippen LogP contribution in [0.2, 0.25) is 0 Å². The third kappa shape index (κ3) is 5.25. The smallest absolute Gasteiger partial charge is 0.381 e. The number of H-pyrrole nitrogens is 1. The molecular formula is C28H32F6N4. The Hall–Kier alpha value is -2.72. The average Bonchev–Trinajstić information content (AvgIpc) is 3.38. The predicted octanol–water partition coefficient (Wildman–Crippen LogP) is 6.44. The van der Waals surface area contributed by atoms with Crippen LogP contribution in [0.3, 0.4) is 0 Å². The van der Waals surface area contributed by atoms with Crippen LogP contribution in [0.4, 0.5) is 32.0 Å². The highest BCUT2D eigenvalue weighted by atomic mass is 19.4. The summed E-state index contributed by atoms with van der Waals surface area (Å²) >= 11 is 0. The molecule has 2 aliphatic heterocycles. The normalized spacial score (nSPS) is 24.7. The molecule has 206 valence electrons. The van der Waals surface area contributed by atoms with Crippen LogP contribution in [0, 0.1) is 17.6 Å². The van der Waals surface area contributed by atoms with E-state index in [0.717, 1.165) is 27.9 Å². The van der Waals surface area contributed by atoms with Crippen LogP contribution in [-0.2, 0) is 6.42 Å². The summed E-state index contributed by atoms with van der Waals surface area (Å²) in [6.07, 6.45) is -3.79. The number of hydrogen-bond donors (Lipinski definition) is 2. The van der Waals surface area contributed by atoms with Crippen LogP contribution in [0.5, 0.6) is 0 Å². The molecule has 38 heavy (non-hydrogen) atoms. The molecule has 0 bridgehead atoms. The zero-order chi connectivity index (χ0) is 27.2. The molecule has 2 aliphatic rings. The number of rotatable bonds is 7. The Bertz CT molecular complexity index is 1270. The lowest BCUT2D eigenvalue weighted by atomic mass is 9.88. The lowest BCUT2D eigenvalue weighted by Crippen LogP contribution is -2.47. The Balaban J connectivity index is 1.51. The van der Waals surface area contributed by atoms with Gasteiger partial charge in [0.15, 0.2) is 0 Å². The van der Waals surface area contributed by atoms with E-state index in [4.69, 9.17) is 0 Å². The van der Waals surface area contributed by atoms with Crippen LogP contribution in [-0.4, -0.2) is 65.9 Å². The number of aromatic nitrogens is 1. The molecule has 5 rings (SSSR count). The first-order valence-corrected chi connectivity index (χ1v) is 13.0. The number of hydrogen-bond acceptors (Lipinski definition) is 3. The van der Waals surface area contributed by atoms with Gasteiger partial charge in [0.2, 0.25) is 0 Å². The number of alkyl halides is 4. The van der Waals surface area contributed by atoms with Gasteiger partial charge in [0, 0.05) is 59.6 Å². The summed E-state index contributed by atoms with van der Waals surface area (Å²) < 4.78 is 85.0. The first-order chi connectivity index (χ1) is 18.1. The van der Waals surface area contributed by atoms with Gasteiger partial charge in [0.1, 0.15) is 11.6 Å². The van der Waals surface area contributed by atoms with Crippen LogP contribution >= 0.6 is 0 Å². The van der Waals surface area contributed by atoms with Crippen molar-refractivity contribution in [3.63, 3.8) is 0 Å². The van der Waals surface area contributed by atoms with Crippen molar-refractivity contribution in [1.82, 2.24) is 14.8 Å². The fourth-order valence-corrected chi connectivity index (χ4v) is 6.14. The zero-order valence-corrected chi connectivity index (χ0v) is 21.4. The van der Waals surface area contributed by atoms with E-state index in [1.54, 1.807) is 13.0 Å². The standard InChI is InChI=1S/C28H32F6N4/c1-16-13-37(9-5-8-29)14-24(16)35-18-11-21(30)25(22(31)12-18)27-26-20(19-6-3-4-7-23(19)36-26)10-17(2)38(27)15-28(32,33)34/h3-4,6-7,11-12,16-17,24,27,35-36H,5,8-10,13-15H2,1-2H3/t16-,17-,24+,27-/m1/s1. The Kier molecular flexibility index (Phi) is 7.39. The molecule has 4 atom stereocenters. The van der Waals surface area contributed by atoms with E-state index in [0.29, 0.717) is 31.6 Å². The Morgan fingerprint density at radius 3 is 2.45 bits per heavy atom. The molecule has 0 spiro atoms. The number of halogens is 6. The maximum absolute atomic E-state index is 15.7. The summed E-state index contributed by atoms with van der Waals surface area (Å²) in [5.41, 5.74) is 1.72. The van der Waals surface area contributed by atoms with Gasteiger partial charge in [-0.1, -0.05) is 25.1 Å². The number of likely N-dealkylation sites (tertiary alicyclic amines) is 1. The van der Waals surface area contributed by atoms with Gasteiger partial charge in [0.25, 0.3) is 0 Å². The SMILES string of the molecule is C[C@@H]1CN(CCCF)C[C@@H]1Nc1cc(F)c([C@@H]2c3[nH]c4ccccc4c3C[C@@H](C)N2CC(F)(F)F)c(F)c1. The molecular weight excluding hydrogens is 506 g/mol. The summed E-state index contributed by atoms with van der Waals surface area (Å²) in [4.78, 5) is 6.41. The minimum atomic E-state index is -4.54. The minimum absolute atomic E-state index is 0.0870. The maximum atomic E-state index is 15.7.